The van der Waals surface area contributed by atoms with Crippen molar-refractivity contribution in [3.63, 3.8) is 0 Å². The Balaban J connectivity index is 1.38. The van der Waals surface area contributed by atoms with Crippen molar-refractivity contribution in [1.82, 2.24) is 9.80 Å². The molecule has 0 bridgehead atoms. The van der Waals surface area contributed by atoms with E-state index >= 15 is 0 Å². The zero-order chi connectivity index (χ0) is 21.3. The molecule has 0 radical (unpaired) electrons. The van der Waals surface area contributed by atoms with Gasteiger partial charge in [0.2, 0.25) is 5.91 Å². The van der Waals surface area contributed by atoms with Gasteiger partial charge in [-0.25, -0.2) is 0 Å². The Morgan fingerprint density at radius 2 is 1.77 bits per heavy atom. The smallest absolute Gasteiger partial charge is 0.254 e. The van der Waals surface area contributed by atoms with Crippen LogP contribution in [-0.4, -0.2) is 64.6 Å². The van der Waals surface area contributed by atoms with Crippen molar-refractivity contribution in [1.29, 1.82) is 0 Å². The number of aromatic hydroxyl groups is 1. The quantitative estimate of drug-likeness (QED) is 0.795. The van der Waals surface area contributed by atoms with Crippen LogP contribution in [-0.2, 0) is 11.2 Å². The maximum Gasteiger partial charge on any atom is 0.254 e. The summed E-state index contributed by atoms with van der Waals surface area (Å²) in [6.07, 6.45) is 1.15. The van der Waals surface area contributed by atoms with Gasteiger partial charge < -0.3 is 20.0 Å². The molecule has 2 fully saturated rings. The van der Waals surface area contributed by atoms with Gasteiger partial charge in [0.25, 0.3) is 5.91 Å². The number of benzene rings is 2. The van der Waals surface area contributed by atoms with Crippen LogP contribution >= 0.6 is 0 Å². The number of phenols is 1. The molecular weight excluding hydrogens is 380 g/mol. The molecule has 2 aliphatic rings. The molecule has 0 unspecified atom stereocenters. The van der Waals surface area contributed by atoms with E-state index in [9.17, 15) is 19.8 Å². The van der Waals surface area contributed by atoms with Gasteiger partial charge in [-0.2, -0.15) is 0 Å². The highest BCUT2D eigenvalue weighted by Gasteiger charge is 2.54. The van der Waals surface area contributed by atoms with Gasteiger partial charge in [-0.3, -0.25) is 9.59 Å². The van der Waals surface area contributed by atoms with Gasteiger partial charge in [-0.1, -0.05) is 35.9 Å². The van der Waals surface area contributed by atoms with Crippen LogP contribution in [0.1, 0.15) is 27.9 Å². The lowest BCUT2D eigenvalue weighted by molar-refractivity contribution is -0.130. The third kappa shape index (κ3) is 3.92. The van der Waals surface area contributed by atoms with Crippen LogP contribution < -0.4 is 0 Å². The minimum atomic E-state index is -0.466. The average Bonchev–Trinajstić information content (AvgIpc) is 3.27. The third-order valence-corrected chi connectivity index (χ3v) is 6.56. The molecule has 2 amide bonds. The van der Waals surface area contributed by atoms with E-state index in [1.807, 2.05) is 11.8 Å². The number of hydrogen-bond acceptors (Lipinski definition) is 4. The maximum absolute atomic E-state index is 12.8. The average molecular weight is 408 g/mol. The van der Waals surface area contributed by atoms with E-state index in [-0.39, 0.29) is 30.1 Å². The summed E-state index contributed by atoms with van der Waals surface area (Å²) in [4.78, 5) is 29.2. The molecule has 2 atom stereocenters. The first-order valence-corrected chi connectivity index (χ1v) is 10.4. The summed E-state index contributed by atoms with van der Waals surface area (Å²) in [5.74, 6) is 0.0728. The highest BCUT2D eigenvalue weighted by molar-refractivity contribution is 5.95. The van der Waals surface area contributed by atoms with Crippen LogP contribution in [0.3, 0.4) is 0 Å². The largest absolute Gasteiger partial charge is 0.508 e. The van der Waals surface area contributed by atoms with Crippen LogP contribution in [0.5, 0.6) is 5.75 Å². The monoisotopic (exact) mass is 408 g/mol. The van der Waals surface area contributed by atoms with Gasteiger partial charge >= 0.3 is 0 Å². The predicted molar refractivity (Wildman–Crippen MR) is 113 cm³/mol. The number of nitrogens with zero attached hydrogens (tertiary/aromatic N) is 2. The van der Waals surface area contributed by atoms with Gasteiger partial charge in [-0.15, -0.1) is 0 Å². The molecule has 4 rings (SSSR count). The van der Waals surface area contributed by atoms with Crippen molar-refractivity contribution in [2.24, 2.45) is 11.3 Å². The van der Waals surface area contributed by atoms with E-state index in [2.05, 4.69) is 24.3 Å². The molecule has 0 saturated carbocycles. The molecule has 0 aromatic heterocycles. The van der Waals surface area contributed by atoms with Crippen molar-refractivity contribution in [3.05, 3.63) is 65.2 Å². The minimum Gasteiger partial charge on any atom is -0.508 e. The number of rotatable bonds is 5. The molecule has 6 nitrogen and oxygen atoms in total. The Hall–Kier alpha value is -2.86. The SMILES string of the molecule is Cc1ccc(CCC(=O)N2C[C@@H]3CN(C(=O)c4cccc(O)c4)C[C@]3(CO)C2)cc1. The third-order valence-electron chi connectivity index (χ3n) is 6.56. The van der Waals surface area contributed by atoms with Gasteiger partial charge in [-0.05, 0) is 37.1 Å². The lowest BCUT2D eigenvalue weighted by Gasteiger charge is -2.27. The highest BCUT2D eigenvalue weighted by atomic mass is 16.3. The van der Waals surface area contributed by atoms with Gasteiger partial charge in [0.15, 0.2) is 0 Å². The lowest BCUT2D eigenvalue weighted by Crippen LogP contribution is -2.40. The van der Waals surface area contributed by atoms with Crippen LogP contribution in [0.4, 0.5) is 0 Å². The number of aryl methyl sites for hydroxylation is 2. The number of carbonyl (C=O) groups excluding carboxylic acids is 2. The van der Waals surface area contributed by atoms with Crippen LogP contribution in [0.25, 0.3) is 0 Å². The first kappa shape index (κ1) is 20.4. The van der Waals surface area contributed by atoms with E-state index in [1.165, 1.54) is 17.7 Å². The van der Waals surface area contributed by atoms with Gasteiger partial charge in [0.1, 0.15) is 5.75 Å². The zero-order valence-corrected chi connectivity index (χ0v) is 17.3. The minimum absolute atomic E-state index is 0.0524. The summed E-state index contributed by atoms with van der Waals surface area (Å²) in [7, 11) is 0. The number of phenolic OH excluding ortho intramolecular Hbond substituents is 1. The van der Waals surface area contributed by atoms with Crippen LogP contribution in [0.15, 0.2) is 48.5 Å². The number of hydrogen-bond donors (Lipinski definition) is 2. The number of amides is 2. The van der Waals surface area contributed by atoms with Crippen molar-refractivity contribution < 1.29 is 19.8 Å². The fourth-order valence-corrected chi connectivity index (χ4v) is 4.73. The topological polar surface area (TPSA) is 81.1 Å². The number of aliphatic hydroxyl groups excluding tert-OH is 1. The second-order valence-corrected chi connectivity index (χ2v) is 8.71. The van der Waals surface area contributed by atoms with Crippen molar-refractivity contribution in [3.8, 4) is 5.75 Å². The summed E-state index contributed by atoms with van der Waals surface area (Å²) < 4.78 is 0. The second kappa shape index (κ2) is 8.11. The number of likely N-dealkylation sites (tertiary alicyclic amines) is 2. The predicted octanol–water partition coefficient (Wildman–Crippen LogP) is 2.23. The van der Waals surface area contributed by atoms with Crippen molar-refractivity contribution >= 4 is 11.8 Å². The molecular formula is C24H28N2O4. The molecule has 158 valence electrons. The standard InChI is InChI=1S/C24H28N2O4/c1-17-5-7-18(8-6-17)9-10-22(29)25-12-20-13-26(15-24(20,14-25)16-27)23(30)19-3-2-4-21(28)11-19/h2-8,11,20,27-28H,9-10,12-16H2,1H3/t20-,24+/m1/s1. The first-order chi connectivity index (χ1) is 14.4. The van der Waals surface area contributed by atoms with E-state index in [1.54, 1.807) is 17.0 Å². The van der Waals surface area contributed by atoms with Crippen LogP contribution in [0.2, 0.25) is 0 Å². The van der Waals surface area contributed by atoms with E-state index in [0.29, 0.717) is 44.6 Å². The zero-order valence-electron chi connectivity index (χ0n) is 17.3. The summed E-state index contributed by atoms with van der Waals surface area (Å²) >= 11 is 0. The number of aliphatic hydroxyl groups is 1. The second-order valence-electron chi connectivity index (χ2n) is 8.71. The van der Waals surface area contributed by atoms with Gasteiger partial charge in [0.05, 0.1) is 6.61 Å². The van der Waals surface area contributed by atoms with E-state index in [0.717, 1.165) is 5.56 Å². The highest BCUT2D eigenvalue weighted by Crippen LogP contribution is 2.42. The fourth-order valence-electron chi connectivity index (χ4n) is 4.73. The Kier molecular flexibility index (Phi) is 5.52. The fraction of sp³-hybridized carbons (Fsp3) is 0.417. The Morgan fingerprint density at radius 3 is 2.43 bits per heavy atom. The van der Waals surface area contributed by atoms with E-state index < -0.39 is 5.41 Å². The Bertz CT molecular complexity index is 942. The molecule has 0 spiro atoms. The summed E-state index contributed by atoms with van der Waals surface area (Å²) in [6, 6.07) is 14.5. The molecule has 2 aliphatic heterocycles. The van der Waals surface area contributed by atoms with Crippen molar-refractivity contribution in [2.75, 3.05) is 32.8 Å². The molecule has 30 heavy (non-hydrogen) atoms. The Labute approximate surface area is 176 Å². The molecule has 2 aromatic carbocycles. The maximum atomic E-state index is 12.8. The Morgan fingerprint density at radius 1 is 1.07 bits per heavy atom. The van der Waals surface area contributed by atoms with Crippen LogP contribution in [0, 0.1) is 18.3 Å². The molecule has 6 heteroatoms. The molecule has 0 aliphatic carbocycles. The molecule has 2 aromatic rings. The summed E-state index contributed by atoms with van der Waals surface area (Å²) in [6.45, 7) is 3.97. The molecule has 2 heterocycles. The van der Waals surface area contributed by atoms with Crippen molar-refractivity contribution in [2.45, 2.75) is 19.8 Å². The molecule has 2 N–H and O–H groups in total. The number of fused-ring (bicyclic) bond motifs is 1. The first-order valence-electron chi connectivity index (χ1n) is 10.4. The lowest BCUT2D eigenvalue weighted by atomic mass is 9.82. The van der Waals surface area contributed by atoms with E-state index in [4.69, 9.17) is 0 Å². The summed E-state index contributed by atoms with van der Waals surface area (Å²) in [5.41, 5.74) is 2.32. The number of carbonyl (C=O) groups is 2. The van der Waals surface area contributed by atoms with Gasteiger partial charge in [0, 0.05) is 49.5 Å². The normalized spacial score (nSPS) is 22.9. The summed E-state index contributed by atoms with van der Waals surface area (Å²) in [5, 5.41) is 19.8. The molecule has 2 saturated heterocycles.